The molecule has 1 aromatic heterocycles. The number of carbonyl (C=O) groups is 1. The molecule has 0 spiro atoms. The molecule has 2 heterocycles. The van der Waals surface area contributed by atoms with Gasteiger partial charge in [-0.15, -0.1) is 0 Å². The highest BCUT2D eigenvalue weighted by Gasteiger charge is 2.24. The Morgan fingerprint density at radius 2 is 2.06 bits per heavy atom. The second-order valence-electron chi connectivity index (χ2n) is 4.44. The maximum absolute atomic E-state index is 11.8. The standard InChI is InChI=1S/C13H13N3O/c1-15-7-10-5-9(3-4-12(10)13(15)17)11-6-14-16(2)8-11/h3-6,8H,7H2,1-2H3. The van der Waals surface area contributed by atoms with Crippen molar-refractivity contribution in [2.75, 3.05) is 7.05 Å². The molecular weight excluding hydrogens is 214 g/mol. The van der Waals surface area contributed by atoms with Crippen LogP contribution in [0, 0.1) is 0 Å². The van der Waals surface area contributed by atoms with E-state index < -0.39 is 0 Å². The summed E-state index contributed by atoms with van der Waals surface area (Å²) in [6, 6.07) is 5.96. The number of amides is 1. The summed E-state index contributed by atoms with van der Waals surface area (Å²) in [4.78, 5) is 13.5. The minimum atomic E-state index is 0.109. The predicted octanol–water partition coefficient (Wildman–Crippen LogP) is 1.67. The van der Waals surface area contributed by atoms with Crippen molar-refractivity contribution in [3.05, 3.63) is 41.7 Å². The Morgan fingerprint density at radius 1 is 1.24 bits per heavy atom. The predicted molar refractivity (Wildman–Crippen MR) is 64.4 cm³/mol. The second-order valence-corrected chi connectivity index (χ2v) is 4.44. The Bertz CT molecular complexity index is 600. The van der Waals surface area contributed by atoms with Gasteiger partial charge in [-0.25, -0.2) is 0 Å². The second kappa shape index (κ2) is 3.45. The van der Waals surface area contributed by atoms with Crippen LogP contribution in [0.2, 0.25) is 0 Å². The molecule has 2 aromatic rings. The van der Waals surface area contributed by atoms with Crippen LogP contribution < -0.4 is 0 Å². The van der Waals surface area contributed by atoms with Crippen molar-refractivity contribution < 1.29 is 4.79 Å². The van der Waals surface area contributed by atoms with Gasteiger partial charge in [-0.2, -0.15) is 5.10 Å². The van der Waals surface area contributed by atoms with E-state index in [2.05, 4.69) is 11.2 Å². The van der Waals surface area contributed by atoms with Gasteiger partial charge in [-0.1, -0.05) is 6.07 Å². The number of nitrogens with zero attached hydrogens (tertiary/aromatic N) is 3. The van der Waals surface area contributed by atoms with Crippen LogP contribution in [0.4, 0.5) is 0 Å². The highest BCUT2D eigenvalue weighted by molar-refractivity contribution is 5.98. The van der Waals surface area contributed by atoms with Crippen molar-refractivity contribution in [3.63, 3.8) is 0 Å². The van der Waals surface area contributed by atoms with Crippen LogP contribution in [-0.4, -0.2) is 27.6 Å². The smallest absolute Gasteiger partial charge is 0.254 e. The van der Waals surface area contributed by atoms with Gasteiger partial charge in [0, 0.05) is 38.0 Å². The van der Waals surface area contributed by atoms with E-state index in [0.29, 0.717) is 6.54 Å². The van der Waals surface area contributed by atoms with E-state index in [9.17, 15) is 4.79 Å². The molecule has 1 aliphatic heterocycles. The highest BCUT2D eigenvalue weighted by Crippen LogP contribution is 2.27. The molecule has 0 N–H and O–H groups in total. The molecule has 86 valence electrons. The van der Waals surface area contributed by atoms with Gasteiger partial charge < -0.3 is 4.90 Å². The zero-order chi connectivity index (χ0) is 12.0. The average Bonchev–Trinajstić information content (AvgIpc) is 2.85. The average molecular weight is 227 g/mol. The monoisotopic (exact) mass is 227 g/mol. The molecule has 0 unspecified atom stereocenters. The van der Waals surface area contributed by atoms with Crippen LogP contribution in [0.3, 0.4) is 0 Å². The van der Waals surface area contributed by atoms with Gasteiger partial charge in [0.05, 0.1) is 6.20 Å². The van der Waals surface area contributed by atoms with Gasteiger partial charge in [0.15, 0.2) is 0 Å². The van der Waals surface area contributed by atoms with E-state index in [4.69, 9.17) is 0 Å². The minimum Gasteiger partial charge on any atom is -0.337 e. The summed E-state index contributed by atoms with van der Waals surface area (Å²) >= 11 is 0. The van der Waals surface area contributed by atoms with Crippen molar-refractivity contribution in [1.29, 1.82) is 0 Å². The molecule has 1 aliphatic rings. The third-order valence-electron chi connectivity index (χ3n) is 3.13. The number of aryl methyl sites for hydroxylation is 1. The maximum Gasteiger partial charge on any atom is 0.254 e. The van der Waals surface area contributed by atoms with Gasteiger partial charge in [0.1, 0.15) is 0 Å². The summed E-state index contributed by atoms with van der Waals surface area (Å²) in [6.07, 6.45) is 3.81. The van der Waals surface area contributed by atoms with Crippen LogP contribution in [0.5, 0.6) is 0 Å². The molecule has 0 saturated carbocycles. The molecule has 0 fully saturated rings. The molecule has 4 heteroatoms. The summed E-state index contributed by atoms with van der Waals surface area (Å²) < 4.78 is 1.78. The Kier molecular flexibility index (Phi) is 2.04. The van der Waals surface area contributed by atoms with Crippen LogP contribution in [-0.2, 0) is 13.6 Å². The lowest BCUT2D eigenvalue weighted by Gasteiger charge is -2.04. The lowest BCUT2D eigenvalue weighted by Crippen LogP contribution is -2.17. The molecule has 3 rings (SSSR count). The lowest BCUT2D eigenvalue weighted by atomic mass is 10.0. The lowest BCUT2D eigenvalue weighted by molar-refractivity contribution is 0.0816. The molecule has 0 bridgehead atoms. The maximum atomic E-state index is 11.8. The first-order valence-electron chi connectivity index (χ1n) is 5.52. The van der Waals surface area contributed by atoms with Gasteiger partial charge in [0.2, 0.25) is 0 Å². The number of carbonyl (C=O) groups excluding carboxylic acids is 1. The summed E-state index contributed by atoms with van der Waals surface area (Å²) in [6.45, 7) is 0.697. The van der Waals surface area contributed by atoms with Gasteiger partial charge in [-0.05, 0) is 23.3 Å². The van der Waals surface area contributed by atoms with E-state index in [1.54, 1.807) is 9.58 Å². The van der Waals surface area contributed by atoms with Gasteiger partial charge >= 0.3 is 0 Å². The summed E-state index contributed by atoms with van der Waals surface area (Å²) in [5.74, 6) is 0.109. The zero-order valence-electron chi connectivity index (χ0n) is 9.84. The molecular formula is C13H13N3O. The van der Waals surface area contributed by atoms with Gasteiger partial charge in [-0.3, -0.25) is 9.48 Å². The highest BCUT2D eigenvalue weighted by atomic mass is 16.2. The van der Waals surface area contributed by atoms with Crippen LogP contribution in [0.25, 0.3) is 11.1 Å². The third kappa shape index (κ3) is 1.53. The summed E-state index contributed by atoms with van der Waals surface area (Å²) in [5.41, 5.74) is 4.11. The zero-order valence-corrected chi connectivity index (χ0v) is 9.84. The van der Waals surface area contributed by atoms with E-state index in [-0.39, 0.29) is 5.91 Å². The van der Waals surface area contributed by atoms with Crippen LogP contribution >= 0.6 is 0 Å². The van der Waals surface area contributed by atoms with Crippen molar-refractivity contribution in [2.24, 2.45) is 7.05 Å². The number of hydrogen-bond donors (Lipinski definition) is 0. The Morgan fingerprint density at radius 3 is 2.76 bits per heavy atom. The molecule has 1 amide bonds. The van der Waals surface area contributed by atoms with Crippen LogP contribution in [0.15, 0.2) is 30.6 Å². The fourth-order valence-corrected chi connectivity index (χ4v) is 2.22. The number of rotatable bonds is 1. The third-order valence-corrected chi connectivity index (χ3v) is 3.13. The molecule has 0 atom stereocenters. The van der Waals surface area contributed by atoms with E-state index in [1.807, 2.05) is 38.6 Å². The molecule has 17 heavy (non-hydrogen) atoms. The first-order valence-corrected chi connectivity index (χ1v) is 5.52. The number of fused-ring (bicyclic) bond motifs is 1. The first-order chi connectivity index (χ1) is 8.15. The van der Waals surface area contributed by atoms with E-state index in [1.165, 1.54) is 0 Å². The SMILES string of the molecule is CN1Cc2cc(-c3cnn(C)c3)ccc2C1=O. The van der Waals surface area contributed by atoms with Crippen molar-refractivity contribution >= 4 is 5.91 Å². The topological polar surface area (TPSA) is 38.1 Å². The van der Waals surface area contributed by atoms with Gasteiger partial charge in [0.25, 0.3) is 5.91 Å². The quantitative estimate of drug-likeness (QED) is 0.743. The first kappa shape index (κ1) is 10.1. The Balaban J connectivity index is 2.06. The van der Waals surface area contributed by atoms with Crippen molar-refractivity contribution in [3.8, 4) is 11.1 Å². The molecule has 4 nitrogen and oxygen atoms in total. The summed E-state index contributed by atoms with van der Waals surface area (Å²) in [5, 5.41) is 4.16. The number of benzene rings is 1. The van der Waals surface area contributed by atoms with E-state index >= 15 is 0 Å². The number of hydrogen-bond acceptors (Lipinski definition) is 2. The van der Waals surface area contributed by atoms with Crippen LogP contribution in [0.1, 0.15) is 15.9 Å². The molecule has 0 aliphatic carbocycles. The normalized spacial score (nSPS) is 14.2. The fraction of sp³-hybridized carbons (Fsp3) is 0.231. The summed E-state index contributed by atoms with van der Waals surface area (Å²) in [7, 11) is 3.72. The van der Waals surface area contributed by atoms with Crippen molar-refractivity contribution in [2.45, 2.75) is 6.54 Å². The largest absolute Gasteiger partial charge is 0.337 e. The molecule has 0 saturated heterocycles. The molecule has 1 aromatic carbocycles. The minimum absolute atomic E-state index is 0.109. The fourth-order valence-electron chi connectivity index (χ4n) is 2.22. The molecule has 0 radical (unpaired) electrons. The Labute approximate surface area is 99.5 Å². The van der Waals surface area contributed by atoms with E-state index in [0.717, 1.165) is 22.3 Å². The van der Waals surface area contributed by atoms with Crippen molar-refractivity contribution in [1.82, 2.24) is 14.7 Å². The Hall–Kier alpha value is -2.10. The number of aromatic nitrogens is 2.